The van der Waals surface area contributed by atoms with Crippen molar-refractivity contribution < 1.29 is 18.0 Å². The van der Waals surface area contributed by atoms with Crippen LogP contribution in [0.2, 0.25) is 0 Å². The smallest absolute Gasteiger partial charge is 0.242 e. The SMILES string of the molecule is CC1C(=O)NCCN1C(=O)CC1CCS(=O)(=O)C1. The van der Waals surface area contributed by atoms with Gasteiger partial charge in [0.1, 0.15) is 6.04 Å². The zero-order valence-corrected chi connectivity index (χ0v) is 11.2. The molecule has 6 nitrogen and oxygen atoms in total. The number of piperazine rings is 1. The molecule has 1 N–H and O–H groups in total. The fraction of sp³-hybridized carbons (Fsp3) is 0.818. The summed E-state index contributed by atoms with van der Waals surface area (Å²) >= 11 is 0. The highest BCUT2D eigenvalue weighted by molar-refractivity contribution is 7.91. The van der Waals surface area contributed by atoms with Gasteiger partial charge in [0.25, 0.3) is 0 Å². The van der Waals surface area contributed by atoms with Crippen molar-refractivity contribution in [3.8, 4) is 0 Å². The van der Waals surface area contributed by atoms with Crippen LogP contribution < -0.4 is 5.32 Å². The van der Waals surface area contributed by atoms with E-state index in [0.29, 0.717) is 19.5 Å². The van der Waals surface area contributed by atoms with Crippen molar-refractivity contribution >= 4 is 21.7 Å². The van der Waals surface area contributed by atoms with Gasteiger partial charge in [-0.05, 0) is 19.3 Å². The monoisotopic (exact) mass is 274 g/mol. The Morgan fingerprint density at radius 1 is 1.50 bits per heavy atom. The highest BCUT2D eigenvalue weighted by Crippen LogP contribution is 2.23. The van der Waals surface area contributed by atoms with Gasteiger partial charge < -0.3 is 10.2 Å². The topological polar surface area (TPSA) is 83.6 Å². The molecule has 2 aliphatic heterocycles. The lowest BCUT2D eigenvalue weighted by Gasteiger charge is -2.33. The Bertz CT molecular complexity index is 460. The van der Waals surface area contributed by atoms with E-state index in [-0.39, 0.29) is 35.7 Å². The summed E-state index contributed by atoms with van der Waals surface area (Å²) < 4.78 is 22.7. The molecule has 2 fully saturated rings. The van der Waals surface area contributed by atoms with Gasteiger partial charge in [-0.3, -0.25) is 9.59 Å². The number of amides is 2. The van der Waals surface area contributed by atoms with Crippen LogP contribution in [-0.4, -0.2) is 55.8 Å². The van der Waals surface area contributed by atoms with Gasteiger partial charge in [0.15, 0.2) is 9.84 Å². The number of nitrogens with zero attached hydrogens (tertiary/aromatic N) is 1. The fourth-order valence-corrected chi connectivity index (χ4v) is 4.38. The maximum absolute atomic E-state index is 12.1. The van der Waals surface area contributed by atoms with E-state index in [4.69, 9.17) is 0 Å². The van der Waals surface area contributed by atoms with Gasteiger partial charge in [0.05, 0.1) is 11.5 Å². The molecule has 0 aliphatic carbocycles. The van der Waals surface area contributed by atoms with Crippen molar-refractivity contribution in [2.45, 2.75) is 25.8 Å². The van der Waals surface area contributed by atoms with Gasteiger partial charge in [-0.25, -0.2) is 8.42 Å². The first-order chi connectivity index (χ1) is 8.39. The number of carbonyl (C=O) groups is 2. The average Bonchev–Trinajstić information content (AvgIpc) is 2.62. The lowest BCUT2D eigenvalue weighted by molar-refractivity contribution is -0.143. The van der Waals surface area contributed by atoms with E-state index < -0.39 is 15.9 Å². The molecule has 0 aromatic carbocycles. The highest BCUT2D eigenvalue weighted by atomic mass is 32.2. The van der Waals surface area contributed by atoms with Crippen molar-refractivity contribution in [2.24, 2.45) is 5.92 Å². The first-order valence-corrected chi connectivity index (χ1v) is 7.99. The maximum atomic E-state index is 12.1. The van der Waals surface area contributed by atoms with Crippen LogP contribution in [0.1, 0.15) is 19.8 Å². The van der Waals surface area contributed by atoms with Crippen molar-refractivity contribution in [3.63, 3.8) is 0 Å². The highest BCUT2D eigenvalue weighted by Gasteiger charge is 2.34. The molecule has 2 atom stereocenters. The molecule has 0 bridgehead atoms. The maximum Gasteiger partial charge on any atom is 0.242 e. The molecule has 2 rings (SSSR count). The minimum Gasteiger partial charge on any atom is -0.353 e. The molecule has 0 aromatic rings. The lowest BCUT2D eigenvalue weighted by Crippen LogP contribution is -2.56. The second kappa shape index (κ2) is 4.87. The van der Waals surface area contributed by atoms with E-state index >= 15 is 0 Å². The number of nitrogens with one attached hydrogen (secondary N) is 1. The molecular formula is C11H18N2O4S. The molecule has 0 aromatic heterocycles. The van der Waals surface area contributed by atoms with Crippen LogP contribution in [0, 0.1) is 5.92 Å². The van der Waals surface area contributed by atoms with Crippen LogP contribution in [0.25, 0.3) is 0 Å². The van der Waals surface area contributed by atoms with E-state index in [1.807, 2.05) is 0 Å². The fourth-order valence-electron chi connectivity index (χ4n) is 2.52. The average molecular weight is 274 g/mol. The summed E-state index contributed by atoms with van der Waals surface area (Å²) in [6, 6.07) is -0.454. The largest absolute Gasteiger partial charge is 0.353 e. The minimum absolute atomic E-state index is 0.0836. The predicted octanol–water partition coefficient (Wildman–Crippen LogP) is -0.842. The van der Waals surface area contributed by atoms with Crippen LogP contribution in [0.3, 0.4) is 0 Å². The molecular weight excluding hydrogens is 256 g/mol. The summed E-state index contributed by atoms with van der Waals surface area (Å²) in [4.78, 5) is 25.1. The third-order valence-electron chi connectivity index (χ3n) is 3.61. The molecule has 2 saturated heterocycles. The predicted molar refractivity (Wildman–Crippen MR) is 65.6 cm³/mol. The first-order valence-electron chi connectivity index (χ1n) is 6.16. The normalized spacial score (nSPS) is 31.2. The van der Waals surface area contributed by atoms with Crippen molar-refractivity contribution in [1.29, 1.82) is 0 Å². The number of hydrogen-bond donors (Lipinski definition) is 1. The summed E-state index contributed by atoms with van der Waals surface area (Å²) in [6.45, 7) is 2.67. The van der Waals surface area contributed by atoms with E-state index in [9.17, 15) is 18.0 Å². The van der Waals surface area contributed by atoms with Crippen LogP contribution in [0.15, 0.2) is 0 Å². The van der Waals surface area contributed by atoms with Crippen LogP contribution in [0.5, 0.6) is 0 Å². The van der Waals surface area contributed by atoms with E-state index in [1.54, 1.807) is 11.8 Å². The first kappa shape index (κ1) is 13.3. The Balaban J connectivity index is 1.94. The quantitative estimate of drug-likeness (QED) is 0.711. The standard InChI is InChI=1S/C11H18N2O4S/c1-8-11(15)12-3-4-13(8)10(14)6-9-2-5-18(16,17)7-9/h8-9H,2-7H2,1H3,(H,12,15). The number of hydrogen-bond acceptors (Lipinski definition) is 4. The molecule has 2 aliphatic rings. The lowest BCUT2D eigenvalue weighted by atomic mass is 10.0. The Kier molecular flexibility index (Phi) is 3.61. The summed E-state index contributed by atoms with van der Waals surface area (Å²) in [7, 11) is -2.95. The van der Waals surface area contributed by atoms with E-state index in [0.717, 1.165) is 0 Å². The summed E-state index contributed by atoms with van der Waals surface area (Å²) in [5.41, 5.74) is 0. The van der Waals surface area contributed by atoms with Crippen LogP contribution in [-0.2, 0) is 19.4 Å². The second-order valence-electron chi connectivity index (χ2n) is 5.03. The van der Waals surface area contributed by atoms with Gasteiger partial charge in [0.2, 0.25) is 11.8 Å². The van der Waals surface area contributed by atoms with Crippen molar-refractivity contribution in [3.05, 3.63) is 0 Å². The Labute approximate surface area is 107 Å². The molecule has 2 unspecified atom stereocenters. The summed E-state index contributed by atoms with van der Waals surface area (Å²) in [6.07, 6.45) is 0.791. The zero-order chi connectivity index (χ0) is 13.3. The number of rotatable bonds is 2. The van der Waals surface area contributed by atoms with Gasteiger partial charge in [-0.1, -0.05) is 0 Å². The van der Waals surface area contributed by atoms with Gasteiger partial charge in [-0.15, -0.1) is 0 Å². The van der Waals surface area contributed by atoms with Gasteiger partial charge >= 0.3 is 0 Å². The van der Waals surface area contributed by atoms with Crippen molar-refractivity contribution in [2.75, 3.05) is 24.6 Å². The second-order valence-corrected chi connectivity index (χ2v) is 7.26. The molecule has 0 radical (unpaired) electrons. The summed E-state index contributed by atoms with van der Waals surface area (Å²) in [5.74, 6) is -0.0542. The number of carbonyl (C=O) groups excluding carboxylic acids is 2. The Morgan fingerprint density at radius 3 is 2.83 bits per heavy atom. The van der Waals surface area contributed by atoms with Crippen LogP contribution in [0.4, 0.5) is 0 Å². The van der Waals surface area contributed by atoms with E-state index in [2.05, 4.69) is 5.32 Å². The summed E-state index contributed by atoms with van der Waals surface area (Å²) in [5, 5.41) is 2.69. The zero-order valence-electron chi connectivity index (χ0n) is 10.4. The molecule has 2 amide bonds. The third-order valence-corrected chi connectivity index (χ3v) is 5.45. The molecule has 7 heteroatoms. The van der Waals surface area contributed by atoms with Crippen molar-refractivity contribution in [1.82, 2.24) is 10.2 Å². The molecule has 102 valence electrons. The molecule has 2 heterocycles. The van der Waals surface area contributed by atoms with E-state index in [1.165, 1.54) is 0 Å². The molecule has 0 saturated carbocycles. The number of sulfone groups is 1. The molecule has 0 spiro atoms. The van der Waals surface area contributed by atoms with Gasteiger partial charge in [0, 0.05) is 19.5 Å². The Morgan fingerprint density at radius 2 is 2.22 bits per heavy atom. The molecule has 18 heavy (non-hydrogen) atoms. The van der Waals surface area contributed by atoms with Crippen LogP contribution >= 0.6 is 0 Å². The minimum atomic E-state index is -2.95. The third kappa shape index (κ3) is 2.82. The Hall–Kier alpha value is -1.11. The van der Waals surface area contributed by atoms with Gasteiger partial charge in [-0.2, -0.15) is 0 Å².